The van der Waals surface area contributed by atoms with Crippen molar-refractivity contribution in [3.63, 3.8) is 0 Å². The van der Waals surface area contributed by atoms with Gasteiger partial charge in [-0.1, -0.05) is 14.4 Å². The van der Waals surface area contributed by atoms with Crippen LogP contribution in [0.2, 0.25) is 0 Å². The third-order valence-corrected chi connectivity index (χ3v) is 2.02. The smallest absolute Gasteiger partial charge is 0.328 e. The Bertz CT molecular complexity index is 262. The van der Waals surface area contributed by atoms with Gasteiger partial charge in [0.2, 0.25) is 5.91 Å². The van der Waals surface area contributed by atoms with Gasteiger partial charge >= 0.3 is 5.97 Å². The highest BCUT2D eigenvalue weighted by Gasteiger charge is 2.27. The molecule has 15 heavy (non-hydrogen) atoms. The van der Waals surface area contributed by atoms with Crippen molar-refractivity contribution in [3.05, 3.63) is 0 Å². The fourth-order valence-corrected chi connectivity index (χ4v) is 1.18. The molecule has 0 bridgehead atoms. The number of cyclic esters (lactones) is 1. The lowest BCUT2D eigenvalue weighted by molar-refractivity contribution is -0.142. The zero-order valence-electron chi connectivity index (χ0n) is 8.04. The van der Waals surface area contributed by atoms with E-state index < -0.39 is 17.9 Å². The zero-order valence-corrected chi connectivity index (χ0v) is 8.04. The van der Waals surface area contributed by atoms with Gasteiger partial charge in [0.1, 0.15) is 11.8 Å². The van der Waals surface area contributed by atoms with Crippen molar-refractivity contribution in [2.45, 2.75) is 39.7 Å². The van der Waals surface area contributed by atoms with Crippen molar-refractivity contribution >= 4 is 17.7 Å². The molecule has 1 rings (SSSR count). The number of Topliss-reactive ketones (excluding diaryl/α,β-unsaturated/α-hetero) is 1. The number of nitrogens with one attached hydrogen (secondary N) is 1. The Morgan fingerprint density at radius 3 is 2.67 bits per heavy atom. The van der Waals surface area contributed by atoms with Gasteiger partial charge in [0.05, 0.1) is 13.0 Å². The number of ether oxygens (including phenoxy) is 1. The molecule has 1 aliphatic rings. The van der Waals surface area contributed by atoms with E-state index in [-0.39, 0.29) is 19.6 Å². The van der Waals surface area contributed by atoms with Crippen molar-refractivity contribution in [2.24, 2.45) is 0 Å². The van der Waals surface area contributed by atoms with Gasteiger partial charge in [-0.3, -0.25) is 9.59 Å². The predicted octanol–water partition coefficient (Wildman–Crippen LogP) is 0.423. The molecule has 1 atom stereocenters. The van der Waals surface area contributed by atoms with E-state index in [0.717, 1.165) is 0 Å². The van der Waals surface area contributed by atoms with Crippen molar-refractivity contribution < 1.29 is 19.1 Å². The molecule has 1 heterocycles. The number of carbonyl (C=O) groups excluding carboxylic acids is 3. The van der Waals surface area contributed by atoms with Crippen LogP contribution in [0, 0.1) is 0 Å². The molecule has 1 amide bonds. The van der Waals surface area contributed by atoms with E-state index >= 15 is 0 Å². The highest BCUT2D eigenvalue weighted by molar-refractivity contribution is 5.99. The summed E-state index contributed by atoms with van der Waals surface area (Å²) in [4.78, 5) is 33.0. The minimum atomic E-state index is -0.563. The van der Waals surface area contributed by atoms with Crippen LogP contribution in [0.1, 0.15) is 33.6 Å². The first-order valence-corrected chi connectivity index (χ1v) is 4.61. The van der Waals surface area contributed by atoms with Crippen molar-refractivity contribution in [3.8, 4) is 0 Å². The summed E-state index contributed by atoms with van der Waals surface area (Å²) in [6.07, 6.45) is 0.674. The predicted molar refractivity (Wildman–Crippen MR) is 54.2 cm³/mol. The van der Waals surface area contributed by atoms with Gasteiger partial charge in [-0.05, 0) is 0 Å². The van der Waals surface area contributed by atoms with Gasteiger partial charge in [-0.15, -0.1) is 0 Å². The lowest BCUT2D eigenvalue weighted by Crippen LogP contribution is -2.38. The first-order valence-electron chi connectivity index (χ1n) is 4.61. The SMILES string of the molecule is C.CCC(=O)CC(=O)NC1CCOC1=O. The molecule has 1 aliphatic heterocycles. The summed E-state index contributed by atoms with van der Waals surface area (Å²) >= 11 is 0. The van der Waals surface area contributed by atoms with E-state index in [0.29, 0.717) is 19.4 Å². The molecule has 5 nitrogen and oxygen atoms in total. The van der Waals surface area contributed by atoms with E-state index in [2.05, 4.69) is 10.1 Å². The number of ketones is 1. The molecule has 0 aromatic rings. The summed E-state index contributed by atoms with van der Waals surface area (Å²) in [5, 5.41) is 2.46. The molecule has 0 aliphatic carbocycles. The lowest BCUT2D eigenvalue weighted by Gasteiger charge is -2.07. The molecule has 1 saturated heterocycles. The Labute approximate surface area is 89.2 Å². The summed E-state index contributed by atoms with van der Waals surface area (Å²) in [6, 6.07) is -0.563. The minimum Gasteiger partial charge on any atom is -0.464 e. The van der Waals surface area contributed by atoms with Crippen LogP contribution >= 0.6 is 0 Å². The summed E-state index contributed by atoms with van der Waals surface area (Å²) in [7, 11) is 0. The third kappa shape index (κ3) is 4.10. The maximum absolute atomic E-state index is 11.2. The van der Waals surface area contributed by atoms with Crippen molar-refractivity contribution in [2.75, 3.05) is 6.61 Å². The minimum absolute atomic E-state index is 0. The van der Waals surface area contributed by atoms with E-state index in [1.165, 1.54) is 0 Å². The van der Waals surface area contributed by atoms with Gasteiger partial charge < -0.3 is 10.1 Å². The van der Waals surface area contributed by atoms with Crippen LogP contribution in [0.5, 0.6) is 0 Å². The normalized spacial score (nSPS) is 19.0. The molecule has 0 radical (unpaired) electrons. The average molecular weight is 215 g/mol. The zero-order chi connectivity index (χ0) is 10.6. The molecule has 0 aromatic carbocycles. The summed E-state index contributed by atoms with van der Waals surface area (Å²) < 4.78 is 4.66. The quantitative estimate of drug-likeness (QED) is 0.545. The first-order chi connectivity index (χ1) is 6.63. The number of hydrogen-bond acceptors (Lipinski definition) is 4. The van der Waals surface area contributed by atoms with Crippen molar-refractivity contribution in [1.29, 1.82) is 0 Å². The molecule has 0 spiro atoms. The molecule has 86 valence electrons. The Kier molecular flexibility index (Phi) is 5.59. The highest BCUT2D eigenvalue weighted by atomic mass is 16.5. The number of esters is 1. The highest BCUT2D eigenvalue weighted by Crippen LogP contribution is 2.05. The molecular formula is C10H17NO4. The number of rotatable bonds is 4. The molecule has 1 N–H and O–H groups in total. The first kappa shape index (κ1) is 13.6. The second-order valence-corrected chi connectivity index (χ2v) is 3.15. The monoisotopic (exact) mass is 215 g/mol. The van der Waals surface area contributed by atoms with Gasteiger partial charge in [0.25, 0.3) is 0 Å². The maximum Gasteiger partial charge on any atom is 0.328 e. The van der Waals surface area contributed by atoms with Crippen LogP contribution in [0.15, 0.2) is 0 Å². The number of hydrogen-bond donors (Lipinski definition) is 1. The molecule has 1 unspecified atom stereocenters. The lowest BCUT2D eigenvalue weighted by atomic mass is 10.2. The fraction of sp³-hybridized carbons (Fsp3) is 0.700. The maximum atomic E-state index is 11.2. The second kappa shape index (κ2) is 6.16. The Balaban J connectivity index is 0.00000196. The van der Waals surface area contributed by atoms with Crippen LogP contribution in [0.4, 0.5) is 0 Å². The molecule has 0 saturated carbocycles. The molecule has 0 aromatic heterocycles. The fourth-order valence-electron chi connectivity index (χ4n) is 1.18. The van der Waals surface area contributed by atoms with Crippen LogP contribution in [-0.4, -0.2) is 30.3 Å². The number of carbonyl (C=O) groups is 3. The average Bonchev–Trinajstić information content (AvgIpc) is 2.51. The summed E-state index contributed by atoms with van der Waals surface area (Å²) in [6.45, 7) is 2.03. The van der Waals surface area contributed by atoms with Gasteiger partial charge in [-0.25, -0.2) is 4.79 Å². The largest absolute Gasteiger partial charge is 0.464 e. The summed E-state index contributed by atoms with van der Waals surface area (Å²) in [5.74, 6) is -0.947. The van der Waals surface area contributed by atoms with E-state index in [1.54, 1.807) is 6.92 Å². The Morgan fingerprint density at radius 2 is 2.20 bits per heavy atom. The van der Waals surface area contributed by atoms with Crippen LogP contribution in [0.3, 0.4) is 0 Å². The van der Waals surface area contributed by atoms with Gasteiger partial charge in [0, 0.05) is 12.8 Å². The van der Waals surface area contributed by atoms with E-state index in [1.807, 2.05) is 0 Å². The Morgan fingerprint density at radius 1 is 1.53 bits per heavy atom. The van der Waals surface area contributed by atoms with Crippen LogP contribution in [0.25, 0.3) is 0 Å². The molecule has 1 fully saturated rings. The molecule has 5 heteroatoms. The third-order valence-electron chi connectivity index (χ3n) is 2.02. The van der Waals surface area contributed by atoms with Crippen LogP contribution in [-0.2, 0) is 19.1 Å². The summed E-state index contributed by atoms with van der Waals surface area (Å²) in [5.41, 5.74) is 0. The van der Waals surface area contributed by atoms with E-state index in [9.17, 15) is 14.4 Å². The van der Waals surface area contributed by atoms with Gasteiger partial charge in [-0.2, -0.15) is 0 Å². The molecular weight excluding hydrogens is 198 g/mol. The number of amides is 1. The second-order valence-electron chi connectivity index (χ2n) is 3.15. The standard InChI is InChI=1S/C9H13NO4.CH4/c1-2-6(11)5-8(12)10-7-3-4-14-9(7)13;/h7H,2-5H2,1H3,(H,10,12);1H4. The van der Waals surface area contributed by atoms with Crippen molar-refractivity contribution in [1.82, 2.24) is 5.32 Å². The van der Waals surface area contributed by atoms with E-state index in [4.69, 9.17) is 0 Å². The Hall–Kier alpha value is -1.39. The van der Waals surface area contributed by atoms with Gasteiger partial charge in [0.15, 0.2) is 0 Å². The van der Waals surface area contributed by atoms with Crippen LogP contribution < -0.4 is 5.32 Å². The topological polar surface area (TPSA) is 72.5 Å².